The van der Waals surface area contributed by atoms with Crippen molar-refractivity contribution >= 4 is 5.82 Å². The average Bonchev–Trinajstić information content (AvgIpc) is 2.29. The van der Waals surface area contributed by atoms with Crippen molar-refractivity contribution in [3.63, 3.8) is 0 Å². The molecule has 1 unspecified atom stereocenters. The summed E-state index contributed by atoms with van der Waals surface area (Å²) in [5.74, 6) is 2.25. The van der Waals surface area contributed by atoms with Gasteiger partial charge >= 0.3 is 0 Å². The van der Waals surface area contributed by atoms with E-state index < -0.39 is 0 Å². The van der Waals surface area contributed by atoms with E-state index in [2.05, 4.69) is 22.2 Å². The largest absolute Gasteiger partial charge is 0.373 e. The summed E-state index contributed by atoms with van der Waals surface area (Å²) in [5.41, 5.74) is 5.71. The molecule has 0 saturated heterocycles. The molecule has 0 amide bonds. The Balaban J connectivity index is 2.61. The van der Waals surface area contributed by atoms with Crippen LogP contribution >= 0.6 is 0 Å². The molecule has 15 heavy (non-hydrogen) atoms. The van der Waals surface area contributed by atoms with Crippen molar-refractivity contribution in [2.24, 2.45) is 11.7 Å². The van der Waals surface area contributed by atoms with Crippen LogP contribution in [0, 0.1) is 5.92 Å². The Kier molecular flexibility index (Phi) is 5.04. The monoisotopic (exact) mass is 208 g/mol. The first-order valence-electron chi connectivity index (χ1n) is 5.49. The molecular weight excluding hydrogens is 188 g/mol. The number of nitrogens with two attached hydrogens (primary N) is 1. The van der Waals surface area contributed by atoms with E-state index in [1.54, 1.807) is 6.20 Å². The maximum atomic E-state index is 5.71. The molecular formula is C11H20N4. The van der Waals surface area contributed by atoms with E-state index in [9.17, 15) is 0 Å². The standard InChI is InChI=1S/C11H20N4/c1-3-4-9(8-12)7-11-14-6-5-10(13-2)15-11/h5-6,9H,3-4,7-8,12H2,1-2H3,(H,13,14,15). The van der Waals surface area contributed by atoms with E-state index in [4.69, 9.17) is 5.73 Å². The van der Waals surface area contributed by atoms with Crippen molar-refractivity contribution in [1.29, 1.82) is 0 Å². The van der Waals surface area contributed by atoms with E-state index in [1.807, 2.05) is 13.1 Å². The summed E-state index contributed by atoms with van der Waals surface area (Å²) in [5, 5.41) is 3.01. The summed E-state index contributed by atoms with van der Waals surface area (Å²) in [4.78, 5) is 8.63. The van der Waals surface area contributed by atoms with Gasteiger partial charge in [-0.2, -0.15) is 0 Å². The second kappa shape index (κ2) is 6.35. The van der Waals surface area contributed by atoms with Gasteiger partial charge in [-0.1, -0.05) is 13.3 Å². The van der Waals surface area contributed by atoms with E-state index in [0.29, 0.717) is 12.5 Å². The third kappa shape index (κ3) is 3.83. The number of anilines is 1. The van der Waals surface area contributed by atoms with Gasteiger partial charge in [-0.05, 0) is 24.9 Å². The lowest BCUT2D eigenvalue weighted by atomic mass is 10.00. The number of nitrogens with one attached hydrogen (secondary N) is 1. The molecule has 0 fully saturated rings. The molecule has 0 aliphatic carbocycles. The maximum absolute atomic E-state index is 5.71. The molecule has 0 aromatic carbocycles. The minimum Gasteiger partial charge on any atom is -0.373 e. The molecule has 1 rings (SSSR count). The van der Waals surface area contributed by atoms with Gasteiger partial charge in [0.05, 0.1) is 0 Å². The van der Waals surface area contributed by atoms with Gasteiger partial charge in [0.1, 0.15) is 11.6 Å². The Labute approximate surface area is 91.3 Å². The van der Waals surface area contributed by atoms with Crippen molar-refractivity contribution in [3.05, 3.63) is 18.1 Å². The normalized spacial score (nSPS) is 12.5. The van der Waals surface area contributed by atoms with Crippen LogP contribution in [0.4, 0.5) is 5.82 Å². The van der Waals surface area contributed by atoms with Crippen LogP contribution in [-0.4, -0.2) is 23.6 Å². The van der Waals surface area contributed by atoms with Crippen molar-refractivity contribution < 1.29 is 0 Å². The minimum absolute atomic E-state index is 0.502. The van der Waals surface area contributed by atoms with Gasteiger partial charge in [0, 0.05) is 19.7 Å². The first-order valence-corrected chi connectivity index (χ1v) is 5.49. The van der Waals surface area contributed by atoms with Gasteiger partial charge in [0.2, 0.25) is 0 Å². The van der Waals surface area contributed by atoms with E-state index in [-0.39, 0.29) is 0 Å². The number of hydrogen-bond acceptors (Lipinski definition) is 4. The smallest absolute Gasteiger partial charge is 0.130 e. The van der Waals surface area contributed by atoms with Crippen LogP contribution in [-0.2, 0) is 6.42 Å². The van der Waals surface area contributed by atoms with Crippen LogP contribution in [0.15, 0.2) is 12.3 Å². The third-order valence-electron chi connectivity index (χ3n) is 2.46. The zero-order valence-electron chi connectivity index (χ0n) is 9.53. The molecule has 4 heteroatoms. The summed E-state index contributed by atoms with van der Waals surface area (Å²) in [6.07, 6.45) is 4.96. The molecule has 1 aromatic heterocycles. The zero-order chi connectivity index (χ0) is 11.1. The van der Waals surface area contributed by atoms with Crippen molar-refractivity contribution in [2.45, 2.75) is 26.2 Å². The lowest BCUT2D eigenvalue weighted by Gasteiger charge is -2.12. The lowest BCUT2D eigenvalue weighted by molar-refractivity contribution is 0.476. The topological polar surface area (TPSA) is 63.8 Å². The highest BCUT2D eigenvalue weighted by Gasteiger charge is 2.08. The number of nitrogens with zero attached hydrogens (tertiary/aromatic N) is 2. The van der Waals surface area contributed by atoms with Gasteiger partial charge in [0.15, 0.2) is 0 Å². The Morgan fingerprint density at radius 1 is 1.53 bits per heavy atom. The van der Waals surface area contributed by atoms with Gasteiger partial charge < -0.3 is 11.1 Å². The molecule has 0 aliphatic heterocycles. The molecule has 1 atom stereocenters. The highest BCUT2D eigenvalue weighted by molar-refractivity contribution is 5.31. The summed E-state index contributed by atoms with van der Waals surface area (Å²) in [6.45, 7) is 2.88. The molecule has 1 aromatic rings. The predicted molar refractivity (Wildman–Crippen MR) is 62.7 cm³/mol. The Hall–Kier alpha value is -1.16. The Morgan fingerprint density at radius 3 is 2.93 bits per heavy atom. The van der Waals surface area contributed by atoms with E-state index in [1.165, 1.54) is 0 Å². The molecule has 0 aliphatic rings. The number of aromatic nitrogens is 2. The van der Waals surface area contributed by atoms with E-state index in [0.717, 1.165) is 30.9 Å². The van der Waals surface area contributed by atoms with Crippen LogP contribution in [0.25, 0.3) is 0 Å². The van der Waals surface area contributed by atoms with Crippen molar-refractivity contribution in [2.75, 3.05) is 18.9 Å². The summed E-state index contributed by atoms with van der Waals surface area (Å²) >= 11 is 0. The van der Waals surface area contributed by atoms with Gasteiger partial charge in [-0.15, -0.1) is 0 Å². The Bertz CT molecular complexity index is 288. The molecule has 84 valence electrons. The van der Waals surface area contributed by atoms with Gasteiger partial charge in [-0.25, -0.2) is 9.97 Å². The quantitative estimate of drug-likeness (QED) is 0.742. The minimum atomic E-state index is 0.502. The van der Waals surface area contributed by atoms with Crippen LogP contribution in [0.2, 0.25) is 0 Å². The van der Waals surface area contributed by atoms with Crippen LogP contribution < -0.4 is 11.1 Å². The summed E-state index contributed by atoms with van der Waals surface area (Å²) in [7, 11) is 1.86. The van der Waals surface area contributed by atoms with Crippen LogP contribution in [0.5, 0.6) is 0 Å². The first kappa shape index (κ1) is 11.9. The van der Waals surface area contributed by atoms with E-state index >= 15 is 0 Å². The molecule has 4 nitrogen and oxygen atoms in total. The zero-order valence-corrected chi connectivity index (χ0v) is 9.53. The SMILES string of the molecule is CCCC(CN)Cc1nccc(NC)n1. The molecule has 0 spiro atoms. The molecule has 0 saturated carbocycles. The molecule has 3 N–H and O–H groups in total. The summed E-state index contributed by atoms with van der Waals surface area (Å²) < 4.78 is 0. The van der Waals surface area contributed by atoms with Crippen LogP contribution in [0.3, 0.4) is 0 Å². The summed E-state index contributed by atoms with van der Waals surface area (Å²) in [6, 6.07) is 1.86. The van der Waals surface area contributed by atoms with Gasteiger partial charge in [0.25, 0.3) is 0 Å². The highest BCUT2D eigenvalue weighted by Crippen LogP contribution is 2.11. The number of hydrogen-bond donors (Lipinski definition) is 2. The molecule has 1 heterocycles. The molecule has 0 bridgehead atoms. The second-order valence-corrected chi connectivity index (χ2v) is 3.70. The fourth-order valence-corrected chi connectivity index (χ4v) is 1.61. The van der Waals surface area contributed by atoms with Gasteiger partial charge in [-0.3, -0.25) is 0 Å². The van der Waals surface area contributed by atoms with Crippen molar-refractivity contribution in [3.8, 4) is 0 Å². The number of rotatable bonds is 6. The lowest BCUT2D eigenvalue weighted by Crippen LogP contribution is -2.18. The fraction of sp³-hybridized carbons (Fsp3) is 0.636. The third-order valence-corrected chi connectivity index (χ3v) is 2.46. The van der Waals surface area contributed by atoms with Crippen molar-refractivity contribution in [1.82, 2.24) is 9.97 Å². The predicted octanol–water partition coefficient (Wildman–Crippen LogP) is 1.44. The van der Waals surface area contributed by atoms with Crippen LogP contribution in [0.1, 0.15) is 25.6 Å². The average molecular weight is 208 g/mol. The molecule has 0 radical (unpaired) electrons. The second-order valence-electron chi connectivity index (χ2n) is 3.70. The highest BCUT2D eigenvalue weighted by atomic mass is 15.0. The first-order chi connectivity index (χ1) is 7.30. The Morgan fingerprint density at radius 2 is 2.33 bits per heavy atom. The maximum Gasteiger partial charge on any atom is 0.130 e. The fourth-order valence-electron chi connectivity index (χ4n) is 1.61.